The molecule has 0 radical (unpaired) electrons. The molecule has 9 heteroatoms. The van der Waals surface area contributed by atoms with E-state index in [1.807, 2.05) is 0 Å². The van der Waals surface area contributed by atoms with Crippen molar-refractivity contribution >= 4 is 23.6 Å². The minimum Gasteiger partial charge on any atom is -0.274 e. The Kier molecular flexibility index (Phi) is 4.11. The van der Waals surface area contributed by atoms with Crippen molar-refractivity contribution in [2.45, 2.75) is 11.4 Å². The fraction of sp³-hybridized carbons (Fsp3) is 0.214. The number of rotatable bonds is 5. The molecule has 0 bridgehead atoms. The van der Waals surface area contributed by atoms with Crippen LogP contribution in [0, 0.1) is 0 Å². The van der Waals surface area contributed by atoms with E-state index >= 15 is 0 Å². The molecular weight excluding hydrogens is 320 g/mol. The van der Waals surface area contributed by atoms with Crippen LogP contribution in [0.15, 0.2) is 38.9 Å². The van der Waals surface area contributed by atoms with Gasteiger partial charge in [-0.15, -0.1) is 0 Å². The summed E-state index contributed by atoms with van der Waals surface area (Å²) >= 11 is 1.15. The quantitative estimate of drug-likeness (QED) is 0.460. The highest BCUT2D eigenvalue weighted by atomic mass is 32.2. The number of imide groups is 1. The predicted octanol–water partition coefficient (Wildman–Crippen LogP) is 0.237. The van der Waals surface area contributed by atoms with Crippen LogP contribution in [0.3, 0.4) is 0 Å². The first-order valence-corrected chi connectivity index (χ1v) is 7.83. The van der Waals surface area contributed by atoms with Crippen LogP contribution in [-0.4, -0.2) is 44.2 Å². The fourth-order valence-electron chi connectivity index (χ4n) is 2.27. The zero-order valence-electron chi connectivity index (χ0n) is 11.9. The normalized spacial score (nSPS) is 13.5. The van der Waals surface area contributed by atoms with Crippen molar-refractivity contribution in [3.63, 3.8) is 0 Å². The van der Waals surface area contributed by atoms with Gasteiger partial charge in [0.05, 0.1) is 11.1 Å². The first-order valence-electron chi connectivity index (χ1n) is 6.85. The Balaban J connectivity index is 1.58. The van der Waals surface area contributed by atoms with Gasteiger partial charge in [0, 0.05) is 12.3 Å². The molecule has 118 valence electrons. The van der Waals surface area contributed by atoms with Crippen molar-refractivity contribution < 1.29 is 9.59 Å². The van der Waals surface area contributed by atoms with Crippen LogP contribution in [0.2, 0.25) is 0 Å². The van der Waals surface area contributed by atoms with E-state index in [0.717, 1.165) is 11.8 Å². The van der Waals surface area contributed by atoms with E-state index in [0.29, 0.717) is 23.3 Å². The second-order valence-corrected chi connectivity index (χ2v) is 5.91. The molecule has 0 spiro atoms. The maximum absolute atomic E-state index is 12.2. The Morgan fingerprint density at radius 1 is 1.04 bits per heavy atom. The van der Waals surface area contributed by atoms with Gasteiger partial charge in [0.1, 0.15) is 0 Å². The molecule has 2 aromatic rings. The van der Waals surface area contributed by atoms with E-state index < -0.39 is 11.2 Å². The third-order valence-corrected chi connectivity index (χ3v) is 4.37. The molecule has 0 saturated heterocycles. The first-order chi connectivity index (χ1) is 11.1. The van der Waals surface area contributed by atoms with Crippen molar-refractivity contribution in [3.8, 4) is 0 Å². The van der Waals surface area contributed by atoms with Gasteiger partial charge in [-0.1, -0.05) is 23.9 Å². The molecule has 0 fully saturated rings. The molecule has 1 aromatic heterocycles. The van der Waals surface area contributed by atoms with Crippen molar-refractivity contribution in [1.82, 2.24) is 20.1 Å². The third-order valence-electron chi connectivity index (χ3n) is 3.32. The number of H-pyrrole nitrogens is 2. The van der Waals surface area contributed by atoms with Gasteiger partial charge < -0.3 is 0 Å². The molecule has 1 aromatic carbocycles. The Hall–Kier alpha value is -2.68. The Bertz CT molecular complexity index is 854. The van der Waals surface area contributed by atoms with E-state index in [1.165, 1.54) is 4.90 Å². The van der Waals surface area contributed by atoms with Crippen LogP contribution in [0.1, 0.15) is 27.1 Å². The van der Waals surface area contributed by atoms with Gasteiger partial charge in [-0.2, -0.15) is 5.10 Å². The SMILES string of the molecule is O=C1c2ccccc2C(=O)N1CCCSc1n[nH]c(=O)[nH]c1=O. The number of nitrogens with one attached hydrogen (secondary N) is 2. The predicted molar refractivity (Wildman–Crippen MR) is 82.6 cm³/mol. The summed E-state index contributed by atoms with van der Waals surface area (Å²) in [7, 11) is 0. The summed E-state index contributed by atoms with van der Waals surface area (Å²) in [6.45, 7) is 0.264. The molecule has 0 unspecified atom stereocenters. The second kappa shape index (κ2) is 6.21. The highest BCUT2D eigenvalue weighted by molar-refractivity contribution is 7.99. The highest BCUT2D eigenvalue weighted by Gasteiger charge is 2.34. The number of thioether (sulfide) groups is 1. The summed E-state index contributed by atoms with van der Waals surface area (Å²) < 4.78 is 0. The van der Waals surface area contributed by atoms with Crippen LogP contribution in [0.4, 0.5) is 0 Å². The maximum atomic E-state index is 12.2. The van der Waals surface area contributed by atoms with E-state index in [1.54, 1.807) is 24.3 Å². The molecule has 2 heterocycles. The number of amides is 2. The molecule has 8 nitrogen and oxygen atoms in total. The first kappa shape index (κ1) is 15.2. The van der Waals surface area contributed by atoms with Crippen LogP contribution in [0.5, 0.6) is 0 Å². The van der Waals surface area contributed by atoms with Crippen molar-refractivity contribution in [3.05, 3.63) is 56.2 Å². The average molecular weight is 332 g/mol. The lowest BCUT2D eigenvalue weighted by atomic mass is 10.1. The largest absolute Gasteiger partial charge is 0.342 e. The molecule has 1 aliphatic rings. The summed E-state index contributed by atoms with van der Waals surface area (Å²) in [6.07, 6.45) is 0.510. The molecule has 0 aliphatic carbocycles. The van der Waals surface area contributed by atoms with Crippen LogP contribution >= 0.6 is 11.8 Å². The third kappa shape index (κ3) is 2.95. The minimum atomic E-state index is -0.662. The number of hydrogen-bond donors (Lipinski definition) is 2. The zero-order chi connectivity index (χ0) is 16.4. The Morgan fingerprint density at radius 3 is 2.30 bits per heavy atom. The summed E-state index contributed by atoms with van der Waals surface area (Å²) in [6, 6.07) is 6.71. The number of aromatic amines is 2. The van der Waals surface area contributed by atoms with Gasteiger partial charge >= 0.3 is 5.69 Å². The van der Waals surface area contributed by atoms with Crippen molar-refractivity contribution in [2.24, 2.45) is 0 Å². The van der Waals surface area contributed by atoms with Crippen molar-refractivity contribution in [1.29, 1.82) is 0 Å². The number of carbonyl (C=O) groups excluding carboxylic acids is 2. The zero-order valence-corrected chi connectivity index (χ0v) is 12.7. The van der Waals surface area contributed by atoms with E-state index in [-0.39, 0.29) is 23.4 Å². The Morgan fingerprint density at radius 2 is 1.70 bits per heavy atom. The molecule has 23 heavy (non-hydrogen) atoms. The summed E-state index contributed by atoms with van der Waals surface area (Å²) in [5.74, 6) is -0.110. The lowest BCUT2D eigenvalue weighted by Gasteiger charge is -2.12. The number of benzene rings is 1. The van der Waals surface area contributed by atoms with Gasteiger partial charge in [-0.05, 0) is 18.6 Å². The number of hydrogen-bond acceptors (Lipinski definition) is 6. The van der Waals surface area contributed by atoms with Gasteiger partial charge in [0.25, 0.3) is 17.4 Å². The fourth-order valence-corrected chi connectivity index (χ4v) is 3.03. The maximum Gasteiger partial charge on any atom is 0.342 e. The number of carbonyl (C=O) groups is 2. The van der Waals surface area contributed by atoms with Crippen LogP contribution in [-0.2, 0) is 0 Å². The van der Waals surface area contributed by atoms with Crippen LogP contribution < -0.4 is 11.2 Å². The smallest absolute Gasteiger partial charge is 0.274 e. The molecule has 0 saturated carbocycles. The number of fused-ring (bicyclic) bond motifs is 1. The van der Waals surface area contributed by atoms with E-state index in [4.69, 9.17) is 0 Å². The van der Waals surface area contributed by atoms with E-state index in [9.17, 15) is 19.2 Å². The number of nitrogens with zero attached hydrogens (tertiary/aromatic N) is 2. The lowest BCUT2D eigenvalue weighted by Crippen LogP contribution is -2.31. The van der Waals surface area contributed by atoms with Gasteiger partial charge in [-0.25, -0.2) is 9.89 Å². The Labute approximate surface area is 133 Å². The summed E-state index contributed by atoms with van der Waals surface area (Å²) in [5, 5.41) is 5.94. The topological polar surface area (TPSA) is 116 Å². The summed E-state index contributed by atoms with van der Waals surface area (Å²) in [4.78, 5) is 49.9. The molecule has 1 aliphatic heterocycles. The average Bonchev–Trinajstić information content (AvgIpc) is 2.78. The van der Waals surface area contributed by atoms with Crippen LogP contribution in [0.25, 0.3) is 0 Å². The molecular formula is C14H12N4O4S. The van der Waals surface area contributed by atoms with Gasteiger partial charge in [0.15, 0.2) is 5.03 Å². The van der Waals surface area contributed by atoms with Gasteiger partial charge in [-0.3, -0.25) is 24.3 Å². The van der Waals surface area contributed by atoms with E-state index in [2.05, 4.69) is 15.2 Å². The second-order valence-electron chi connectivity index (χ2n) is 4.82. The molecule has 0 atom stereocenters. The standard InChI is InChI=1S/C14H12N4O4S/c19-10-11(16-17-14(22)15-10)23-7-3-6-18-12(20)8-4-1-2-5-9(8)13(18)21/h1-2,4-5H,3,6-7H2,(H2,15,17,19,22). The molecule has 2 amide bonds. The monoisotopic (exact) mass is 332 g/mol. The molecule has 3 rings (SSSR count). The summed E-state index contributed by atoms with van der Waals surface area (Å²) in [5.41, 5.74) is -0.377. The lowest BCUT2D eigenvalue weighted by molar-refractivity contribution is 0.0655. The number of aromatic nitrogens is 3. The highest BCUT2D eigenvalue weighted by Crippen LogP contribution is 2.23. The van der Waals surface area contributed by atoms with Gasteiger partial charge in [0.2, 0.25) is 0 Å². The van der Waals surface area contributed by atoms with Crippen molar-refractivity contribution in [2.75, 3.05) is 12.3 Å². The minimum absolute atomic E-state index is 0.145. The molecule has 2 N–H and O–H groups in total.